The summed E-state index contributed by atoms with van der Waals surface area (Å²) in [7, 11) is 0. The van der Waals surface area contributed by atoms with Crippen LogP contribution >= 0.6 is 34.8 Å². The van der Waals surface area contributed by atoms with Gasteiger partial charge in [-0.15, -0.1) is 11.6 Å². The Morgan fingerprint density at radius 2 is 1.90 bits per heavy atom. The lowest BCUT2D eigenvalue weighted by Gasteiger charge is -2.11. The summed E-state index contributed by atoms with van der Waals surface area (Å²) >= 11 is 17.7. The monoisotopic (exact) mass is 331 g/mol. The highest BCUT2D eigenvalue weighted by Crippen LogP contribution is 2.36. The fourth-order valence-electron chi connectivity index (χ4n) is 1.56. The number of non-ortho nitro benzene ring substituents is 1. The van der Waals surface area contributed by atoms with E-state index in [4.69, 9.17) is 39.5 Å². The Kier molecular flexibility index (Phi) is 4.70. The van der Waals surface area contributed by atoms with Crippen molar-refractivity contribution in [3.05, 3.63) is 62.1 Å². The van der Waals surface area contributed by atoms with Gasteiger partial charge in [-0.1, -0.05) is 29.3 Å². The Balaban J connectivity index is 2.38. The van der Waals surface area contributed by atoms with Gasteiger partial charge in [0.25, 0.3) is 5.69 Å². The Labute approximate surface area is 130 Å². The van der Waals surface area contributed by atoms with Crippen molar-refractivity contribution < 1.29 is 9.66 Å². The van der Waals surface area contributed by atoms with E-state index in [0.29, 0.717) is 22.1 Å². The highest BCUT2D eigenvalue weighted by molar-refractivity contribution is 6.42. The standard InChI is InChI=1S/C13H8Cl3NO3/c14-7-8-6-9(17(18)19)4-5-11(8)20-12-3-1-2-10(15)13(12)16/h1-6H,7H2. The number of alkyl halides is 1. The number of nitro benzene ring substituents is 1. The molecule has 0 aromatic heterocycles. The molecule has 0 atom stereocenters. The Bertz CT molecular complexity index is 661. The van der Waals surface area contributed by atoms with Gasteiger partial charge in [-0.05, 0) is 18.2 Å². The third-order valence-corrected chi connectivity index (χ3v) is 3.62. The van der Waals surface area contributed by atoms with Crippen LogP contribution < -0.4 is 4.74 Å². The summed E-state index contributed by atoms with van der Waals surface area (Å²) in [6, 6.07) is 9.15. The van der Waals surface area contributed by atoms with Crippen molar-refractivity contribution >= 4 is 40.5 Å². The van der Waals surface area contributed by atoms with Crippen LogP contribution in [0.2, 0.25) is 10.0 Å². The van der Waals surface area contributed by atoms with E-state index in [-0.39, 0.29) is 16.6 Å². The molecule has 2 rings (SSSR count). The minimum Gasteiger partial charge on any atom is -0.455 e. The van der Waals surface area contributed by atoms with E-state index in [1.807, 2.05) is 0 Å². The molecule has 7 heteroatoms. The Hall–Kier alpha value is -1.49. The SMILES string of the molecule is O=[N+]([O-])c1ccc(Oc2cccc(Cl)c2Cl)c(CCl)c1. The van der Waals surface area contributed by atoms with Crippen molar-refractivity contribution in [1.29, 1.82) is 0 Å². The molecule has 0 aliphatic carbocycles. The minimum atomic E-state index is -0.494. The van der Waals surface area contributed by atoms with Crippen molar-refractivity contribution in [1.82, 2.24) is 0 Å². The van der Waals surface area contributed by atoms with Crippen LogP contribution in [-0.2, 0) is 5.88 Å². The summed E-state index contributed by atoms with van der Waals surface area (Å²) in [5.41, 5.74) is 0.446. The van der Waals surface area contributed by atoms with Gasteiger partial charge >= 0.3 is 0 Å². The Morgan fingerprint density at radius 3 is 2.55 bits per heavy atom. The van der Waals surface area contributed by atoms with E-state index in [1.54, 1.807) is 18.2 Å². The van der Waals surface area contributed by atoms with E-state index in [1.165, 1.54) is 18.2 Å². The zero-order chi connectivity index (χ0) is 14.7. The summed E-state index contributed by atoms with van der Waals surface area (Å²) in [6.45, 7) is 0. The molecule has 0 N–H and O–H groups in total. The normalized spacial score (nSPS) is 10.3. The largest absolute Gasteiger partial charge is 0.455 e. The number of nitrogens with zero attached hydrogens (tertiary/aromatic N) is 1. The van der Waals surface area contributed by atoms with E-state index in [2.05, 4.69) is 0 Å². The number of hydrogen-bond acceptors (Lipinski definition) is 3. The highest BCUT2D eigenvalue weighted by atomic mass is 35.5. The number of hydrogen-bond donors (Lipinski definition) is 0. The average Bonchev–Trinajstić information content (AvgIpc) is 2.44. The fourth-order valence-corrected chi connectivity index (χ4v) is 2.10. The predicted molar refractivity (Wildman–Crippen MR) is 79.2 cm³/mol. The van der Waals surface area contributed by atoms with Gasteiger partial charge in [-0.2, -0.15) is 0 Å². The topological polar surface area (TPSA) is 52.4 Å². The first-order valence-electron chi connectivity index (χ1n) is 5.48. The van der Waals surface area contributed by atoms with Gasteiger partial charge in [0.2, 0.25) is 0 Å². The second kappa shape index (κ2) is 6.31. The van der Waals surface area contributed by atoms with Gasteiger partial charge in [0.05, 0.1) is 15.8 Å². The van der Waals surface area contributed by atoms with Gasteiger partial charge in [0, 0.05) is 17.7 Å². The molecule has 0 aliphatic rings. The number of ether oxygens (including phenoxy) is 1. The molecule has 4 nitrogen and oxygen atoms in total. The van der Waals surface area contributed by atoms with Crippen LogP contribution in [0.15, 0.2) is 36.4 Å². The molecular formula is C13H8Cl3NO3. The first-order valence-corrected chi connectivity index (χ1v) is 6.77. The summed E-state index contributed by atoms with van der Waals surface area (Å²) in [6.07, 6.45) is 0. The smallest absolute Gasteiger partial charge is 0.270 e. The molecule has 2 aromatic rings. The van der Waals surface area contributed by atoms with Crippen LogP contribution in [0.25, 0.3) is 0 Å². The van der Waals surface area contributed by atoms with Crippen molar-refractivity contribution in [2.24, 2.45) is 0 Å². The minimum absolute atomic E-state index is 0.0507. The van der Waals surface area contributed by atoms with Crippen LogP contribution in [0, 0.1) is 10.1 Å². The first kappa shape index (κ1) is 14.9. The van der Waals surface area contributed by atoms with Crippen molar-refractivity contribution in [2.75, 3.05) is 0 Å². The van der Waals surface area contributed by atoms with Crippen molar-refractivity contribution in [3.63, 3.8) is 0 Å². The second-order valence-corrected chi connectivity index (χ2v) is 4.89. The van der Waals surface area contributed by atoms with Crippen molar-refractivity contribution in [3.8, 4) is 11.5 Å². The summed E-state index contributed by atoms with van der Waals surface area (Å²) in [5.74, 6) is 0.837. The fraction of sp³-hybridized carbons (Fsp3) is 0.0769. The van der Waals surface area contributed by atoms with Crippen LogP contribution in [0.4, 0.5) is 5.69 Å². The van der Waals surface area contributed by atoms with E-state index < -0.39 is 4.92 Å². The molecule has 20 heavy (non-hydrogen) atoms. The lowest BCUT2D eigenvalue weighted by Crippen LogP contribution is -1.94. The number of rotatable bonds is 4. The van der Waals surface area contributed by atoms with Gasteiger partial charge in [-0.25, -0.2) is 0 Å². The number of benzene rings is 2. The van der Waals surface area contributed by atoms with Crippen LogP contribution in [0.1, 0.15) is 5.56 Å². The molecule has 0 bridgehead atoms. The molecule has 0 radical (unpaired) electrons. The molecule has 0 saturated carbocycles. The molecule has 0 fully saturated rings. The molecule has 0 unspecified atom stereocenters. The zero-order valence-electron chi connectivity index (χ0n) is 9.98. The molecular weight excluding hydrogens is 325 g/mol. The third-order valence-electron chi connectivity index (χ3n) is 2.53. The summed E-state index contributed by atoms with van der Waals surface area (Å²) < 4.78 is 5.62. The van der Waals surface area contributed by atoms with Crippen LogP contribution in [0.5, 0.6) is 11.5 Å². The quantitative estimate of drug-likeness (QED) is 0.426. The molecule has 0 aliphatic heterocycles. The molecule has 0 spiro atoms. The number of nitro groups is 1. The van der Waals surface area contributed by atoms with Gasteiger partial charge in [0.1, 0.15) is 16.5 Å². The Morgan fingerprint density at radius 1 is 1.15 bits per heavy atom. The van der Waals surface area contributed by atoms with E-state index >= 15 is 0 Å². The highest BCUT2D eigenvalue weighted by Gasteiger charge is 2.13. The lowest BCUT2D eigenvalue weighted by atomic mass is 10.2. The molecule has 0 saturated heterocycles. The zero-order valence-corrected chi connectivity index (χ0v) is 12.2. The first-order chi connectivity index (χ1) is 9.52. The van der Waals surface area contributed by atoms with Crippen LogP contribution in [0.3, 0.4) is 0 Å². The van der Waals surface area contributed by atoms with Gasteiger partial charge < -0.3 is 4.74 Å². The summed E-state index contributed by atoms with van der Waals surface area (Å²) in [5, 5.41) is 11.4. The maximum Gasteiger partial charge on any atom is 0.270 e. The average molecular weight is 333 g/mol. The maximum absolute atomic E-state index is 10.7. The molecule has 104 valence electrons. The van der Waals surface area contributed by atoms with E-state index in [0.717, 1.165) is 0 Å². The maximum atomic E-state index is 10.7. The predicted octanol–water partition coefficient (Wildman–Crippen LogP) is 5.43. The number of halogens is 3. The van der Waals surface area contributed by atoms with Gasteiger partial charge in [0.15, 0.2) is 0 Å². The lowest BCUT2D eigenvalue weighted by molar-refractivity contribution is -0.384. The third kappa shape index (κ3) is 3.15. The van der Waals surface area contributed by atoms with Crippen LogP contribution in [-0.4, -0.2) is 4.92 Å². The molecule has 0 heterocycles. The van der Waals surface area contributed by atoms with Crippen molar-refractivity contribution in [2.45, 2.75) is 5.88 Å². The summed E-state index contributed by atoms with van der Waals surface area (Å²) in [4.78, 5) is 10.2. The van der Waals surface area contributed by atoms with Gasteiger partial charge in [-0.3, -0.25) is 10.1 Å². The molecule has 2 aromatic carbocycles. The second-order valence-electron chi connectivity index (χ2n) is 3.84. The molecule has 0 amide bonds. The van der Waals surface area contributed by atoms with E-state index in [9.17, 15) is 10.1 Å².